The van der Waals surface area contributed by atoms with Gasteiger partial charge in [-0.25, -0.2) is 0 Å². The summed E-state index contributed by atoms with van der Waals surface area (Å²) >= 11 is 0. The minimum absolute atomic E-state index is 0.0178. The van der Waals surface area contributed by atoms with Gasteiger partial charge in [-0.1, -0.05) is 0 Å². The Hall–Kier alpha value is -1.88. The van der Waals surface area contributed by atoms with Crippen LogP contribution in [0.25, 0.3) is 0 Å². The molecule has 0 aliphatic carbocycles. The Morgan fingerprint density at radius 1 is 1.17 bits per heavy atom. The highest BCUT2D eigenvalue weighted by atomic mass is 16.2. The molecule has 2 amide bonds. The van der Waals surface area contributed by atoms with Gasteiger partial charge in [0.25, 0.3) is 11.8 Å². The quantitative estimate of drug-likeness (QED) is 0.871. The molecule has 0 saturated carbocycles. The third-order valence-corrected chi connectivity index (χ3v) is 4.50. The molecule has 1 aliphatic heterocycles. The van der Waals surface area contributed by atoms with Crippen LogP contribution in [0.4, 0.5) is 0 Å². The fourth-order valence-electron chi connectivity index (χ4n) is 3.10. The average molecular weight is 317 g/mol. The molecule has 0 radical (unpaired) electrons. The molecule has 1 atom stereocenters. The summed E-state index contributed by atoms with van der Waals surface area (Å²) in [6.07, 6.45) is 1.05. The Bertz CT molecular complexity index is 538. The van der Waals surface area contributed by atoms with Gasteiger partial charge >= 0.3 is 0 Å². The van der Waals surface area contributed by atoms with Crippen LogP contribution in [0.5, 0.6) is 0 Å². The molecule has 0 aromatic heterocycles. The number of hydrogen-bond donors (Lipinski definition) is 1. The van der Waals surface area contributed by atoms with Gasteiger partial charge in [-0.3, -0.25) is 9.59 Å². The Balaban J connectivity index is 2.02. The Labute approximate surface area is 138 Å². The van der Waals surface area contributed by atoms with Gasteiger partial charge in [-0.05, 0) is 64.0 Å². The molecule has 1 saturated heterocycles. The van der Waals surface area contributed by atoms with Crippen LogP contribution in [0, 0.1) is 5.92 Å². The maximum Gasteiger partial charge on any atom is 0.253 e. The number of nitrogens with zero attached hydrogens (tertiary/aromatic N) is 2. The second kappa shape index (κ2) is 8.11. The van der Waals surface area contributed by atoms with E-state index in [1.54, 1.807) is 29.2 Å². The van der Waals surface area contributed by atoms with E-state index in [-0.39, 0.29) is 11.8 Å². The van der Waals surface area contributed by atoms with Gasteiger partial charge in [-0.15, -0.1) is 0 Å². The molecule has 23 heavy (non-hydrogen) atoms. The minimum Gasteiger partial charge on any atom is -0.339 e. The van der Waals surface area contributed by atoms with Crippen molar-refractivity contribution in [1.29, 1.82) is 0 Å². The van der Waals surface area contributed by atoms with Crippen LogP contribution < -0.4 is 5.32 Å². The summed E-state index contributed by atoms with van der Waals surface area (Å²) in [5.74, 6) is 0.613. The number of amides is 2. The summed E-state index contributed by atoms with van der Waals surface area (Å²) < 4.78 is 0. The lowest BCUT2D eigenvalue weighted by atomic mass is 10.1. The van der Waals surface area contributed by atoms with E-state index < -0.39 is 0 Å². The van der Waals surface area contributed by atoms with Gasteiger partial charge in [0.1, 0.15) is 0 Å². The average Bonchev–Trinajstić information content (AvgIpc) is 3.04. The third-order valence-electron chi connectivity index (χ3n) is 4.50. The molecule has 126 valence electrons. The fourth-order valence-corrected chi connectivity index (χ4v) is 3.10. The molecule has 0 spiro atoms. The lowest BCUT2D eigenvalue weighted by Crippen LogP contribution is -2.31. The van der Waals surface area contributed by atoms with E-state index in [1.165, 1.54) is 0 Å². The van der Waals surface area contributed by atoms with Gasteiger partial charge in [0.05, 0.1) is 0 Å². The van der Waals surface area contributed by atoms with Crippen molar-refractivity contribution in [2.45, 2.75) is 20.3 Å². The summed E-state index contributed by atoms with van der Waals surface area (Å²) in [4.78, 5) is 28.5. The largest absolute Gasteiger partial charge is 0.339 e. The predicted octanol–water partition coefficient (Wildman–Crippen LogP) is 1.85. The standard InChI is InChI=1S/C18H27N3O2/c1-4-20(5-2)17(22)15-6-8-16(9-7-15)18(23)21-11-10-14(13-21)12-19-3/h6-9,14,19H,4-5,10-13H2,1-3H3. The molecule has 1 unspecified atom stereocenters. The van der Waals surface area contributed by atoms with Gasteiger partial charge < -0.3 is 15.1 Å². The van der Waals surface area contributed by atoms with Crippen LogP contribution in [-0.4, -0.2) is 61.4 Å². The van der Waals surface area contributed by atoms with Crippen LogP contribution >= 0.6 is 0 Å². The van der Waals surface area contributed by atoms with Crippen molar-refractivity contribution in [2.75, 3.05) is 39.8 Å². The second-order valence-electron chi connectivity index (χ2n) is 6.02. The van der Waals surface area contributed by atoms with Gasteiger partial charge in [0, 0.05) is 37.3 Å². The molecule has 1 heterocycles. The zero-order valence-electron chi connectivity index (χ0n) is 14.3. The molecule has 1 aromatic carbocycles. The number of benzene rings is 1. The summed E-state index contributed by atoms with van der Waals surface area (Å²) in [6.45, 7) is 7.88. The smallest absolute Gasteiger partial charge is 0.253 e. The maximum absolute atomic E-state index is 12.5. The van der Waals surface area contributed by atoms with E-state index in [0.717, 1.165) is 26.1 Å². The molecule has 0 bridgehead atoms. The third kappa shape index (κ3) is 4.10. The highest BCUT2D eigenvalue weighted by Gasteiger charge is 2.26. The number of nitrogens with one attached hydrogen (secondary N) is 1. The normalized spacial score (nSPS) is 17.3. The first kappa shape index (κ1) is 17.5. The second-order valence-corrected chi connectivity index (χ2v) is 6.02. The zero-order chi connectivity index (χ0) is 16.8. The molecule has 1 aromatic rings. The molecule has 5 heteroatoms. The first-order valence-corrected chi connectivity index (χ1v) is 8.43. The molecule has 1 fully saturated rings. The summed E-state index contributed by atoms with van der Waals surface area (Å²) in [5.41, 5.74) is 1.30. The van der Waals surface area contributed by atoms with E-state index in [4.69, 9.17) is 0 Å². The zero-order valence-corrected chi connectivity index (χ0v) is 14.3. The fraction of sp³-hybridized carbons (Fsp3) is 0.556. The van der Waals surface area contributed by atoms with E-state index in [9.17, 15) is 9.59 Å². The number of hydrogen-bond acceptors (Lipinski definition) is 3. The number of rotatable bonds is 6. The van der Waals surface area contributed by atoms with Crippen molar-refractivity contribution < 1.29 is 9.59 Å². The molecule has 1 aliphatic rings. The molecular weight excluding hydrogens is 290 g/mol. The topological polar surface area (TPSA) is 52.7 Å². The lowest BCUT2D eigenvalue weighted by Gasteiger charge is -2.19. The van der Waals surface area contributed by atoms with Crippen molar-refractivity contribution >= 4 is 11.8 Å². The molecular formula is C18H27N3O2. The highest BCUT2D eigenvalue weighted by Crippen LogP contribution is 2.18. The van der Waals surface area contributed by atoms with Gasteiger partial charge in [0.2, 0.25) is 0 Å². The summed E-state index contributed by atoms with van der Waals surface area (Å²) in [5, 5.41) is 3.17. The van der Waals surface area contributed by atoms with Crippen LogP contribution in [0.3, 0.4) is 0 Å². The van der Waals surface area contributed by atoms with Crippen LogP contribution in [-0.2, 0) is 0 Å². The highest BCUT2D eigenvalue weighted by molar-refractivity contribution is 5.97. The molecule has 2 rings (SSSR count). The Morgan fingerprint density at radius 2 is 1.78 bits per heavy atom. The van der Waals surface area contributed by atoms with Crippen molar-refractivity contribution in [3.05, 3.63) is 35.4 Å². The number of likely N-dealkylation sites (tertiary alicyclic amines) is 1. The molecule has 5 nitrogen and oxygen atoms in total. The van der Waals surface area contributed by atoms with Crippen molar-refractivity contribution in [1.82, 2.24) is 15.1 Å². The van der Waals surface area contributed by atoms with Crippen molar-refractivity contribution in [3.63, 3.8) is 0 Å². The maximum atomic E-state index is 12.5. The predicted molar refractivity (Wildman–Crippen MR) is 91.6 cm³/mol. The minimum atomic E-state index is 0.0178. The van der Waals surface area contributed by atoms with E-state index >= 15 is 0 Å². The van der Waals surface area contributed by atoms with E-state index in [1.807, 2.05) is 25.8 Å². The first-order chi connectivity index (χ1) is 11.1. The Morgan fingerprint density at radius 3 is 2.35 bits per heavy atom. The first-order valence-electron chi connectivity index (χ1n) is 8.43. The van der Waals surface area contributed by atoms with E-state index in [2.05, 4.69) is 5.32 Å². The number of carbonyl (C=O) groups excluding carboxylic acids is 2. The molecule has 1 N–H and O–H groups in total. The number of carbonyl (C=O) groups is 2. The van der Waals surface area contributed by atoms with Crippen LogP contribution in [0.2, 0.25) is 0 Å². The van der Waals surface area contributed by atoms with Crippen molar-refractivity contribution in [3.8, 4) is 0 Å². The van der Waals surface area contributed by atoms with Crippen LogP contribution in [0.1, 0.15) is 41.0 Å². The lowest BCUT2D eigenvalue weighted by molar-refractivity contribution is 0.0766. The van der Waals surface area contributed by atoms with Gasteiger partial charge in [0.15, 0.2) is 0 Å². The van der Waals surface area contributed by atoms with Crippen molar-refractivity contribution in [2.24, 2.45) is 5.92 Å². The summed E-state index contributed by atoms with van der Waals surface area (Å²) in [7, 11) is 1.94. The van der Waals surface area contributed by atoms with Crippen LogP contribution in [0.15, 0.2) is 24.3 Å². The summed E-state index contributed by atoms with van der Waals surface area (Å²) in [6, 6.07) is 7.05. The monoisotopic (exact) mass is 317 g/mol. The van der Waals surface area contributed by atoms with Gasteiger partial charge in [-0.2, -0.15) is 0 Å². The van der Waals surface area contributed by atoms with E-state index in [0.29, 0.717) is 30.1 Å². The Kier molecular flexibility index (Phi) is 6.16. The SMILES string of the molecule is CCN(CC)C(=O)c1ccc(C(=O)N2CCC(CNC)C2)cc1.